The Morgan fingerprint density at radius 1 is 1.21 bits per heavy atom. The third-order valence-electron chi connectivity index (χ3n) is 6.46. The molecule has 1 unspecified atom stereocenters. The smallest absolute Gasteiger partial charge is 0.320 e. The molecule has 6 nitrogen and oxygen atoms in total. The van der Waals surface area contributed by atoms with Crippen molar-refractivity contribution in [2.24, 2.45) is 17.8 Å². The number of carbonyl (C=O) groups excluding carboxylic acids is 1. The van der Waals surface area contributed by atoms with Crippen molar-refractivity contribution < 1.29 is 28.8 Å². The molecule has 0 radical (unpaired) electrons. The molecule has 1 spiro atoms. The van der Waals surface area contributed by atoms with E-state index < -0.39 is 29.2 Å². The number of carbonyl (C=O) groups is 1. The molecule has 7 atom stereocenters. The van der Waals surface area contributed by atoms with Crippen LogP contribution in [0.15, 0.2) is 0 Å². The lowest BCUT2D eigenvalue weighted by Gasteiger charge is -2.50. The van der Waals surface area contributed by atoms with Crippen molar-refractivity contribution in [1.29, 1.82) is 0 Å². The van der Waals surface area contributed by atoms with Gasteiger partial charge in [0.2, 0.25) is 5.79 Å². The quantitative estimate of drug-likeness (QED) is 0.438. The second kappa shape index (κ2) is 5.55. The zero-order valence-electron chi connectivity index (χ0n) is 14.4. The Balaban J connectivity index is 1.68. The summed E-state index contributed by atoms with van der Waals surface area (Å²) in [6, 6.07) is 0. The molecule has 2 bridgehead atoms. The molecule has 0 N–H and O–H groups in total. The van der Waals surface area contributed by atoms with Crippen molar-refractivity contribution >= 4 is 17.6 Å². The van der Waals surface area contributed by atoms with E-state index in [1.54, 1.807) is 0 Å². The maximum Gasteiger partial charge on any atom is 0.320 e. The molecular weight excluding hydrogens is 336 g/mol. The standard InChI is InChI=1S/C17H25ClO6/c1-10-4-5-12-15(2,9-20-13(19)8-18)21-14-17(12)11(10)6-7-16(3,22-14)23-24-17/h10-12,14H,4-9H2,1-3H3/t10-,11?,12+,14-,15-,16+,17-/m1/s1. The minimum absolute atomic E-state index is 0.0435. The van der Waals surface area contributed by atoms with E-state index in [0.29, 0.717) is 11.8 Å². The molecule has 136 valence electrons. The fraction of sp³-hybridized carbons (Fsp3) is 0.941. The topological polar surface area (TPSA) is 63.2 Å². The van der Waals surface area contributed by atoms with Crippen LogP contribution in [0.2, 0.25) is 0 Å². The number of hydrogen-bond donors (Lipinski definition) is 0. The lowest BCUT2D eigenvalue weighted by molar-refractivity contribution is -0.541. The van der Waals surface area contributed by atoms with Crippen LogP contribution in [0.3, 0.4) is 0 Å². The third kappa shape index (κ3) is 2.27. The zero-order chi connectivity index (χ0) is 17.2. The average molecular weight is 361 g/mol. The molecule has 5 rings (SSSR count). The van der Waals surface area contributed by atoms with Crippen LogP contribution in [0.5, 0.6) is 0 Å². The number of esters is 1. The SMILES string of the molecule is C[C@@H]1CC[C@@H]2[C@]34OO[C@@](C)(CCC13)O[C@H]4O[C@]2(C)COC(=O)CCl. The number of hydrogen-bond acceptors (Lipinski definition) is 6. The van der Waals surface area contributed by atoms with Gasteiger partial charge in [0.05, 0.1) is 0 Å². The summed E-state index contributed by atoms with van der Waals surface area (Å²) in [6.07, 6.45) is 3.27. The fourth-order valence-electron chi connectivity index (χ4n) is 5.21. The van der Waals surface area contributed by atoms with Crippen molar-refractivity contribution in [2.75, 3.05) is 12.5 Å². The number of halogens is 1. The Bertz CT molecular complexity index is 543. The highest BCUT2D eigenvalue weighted by Crippen LogP contribution is 2.63. The van der Waals surface area contributed by atoms with E-state index in [0.717, 1.165) is 25.7 Å². The number of ether oxygens (including phenoxy) is 3. The van der Waals surface area contributed by atoms with E-state index in [-0.39, 0.29) is 18.4 Å². The van der Waals surface area contributed by atoms with Gasteiger partial charge >= 0.3 is 5.97 Å². The molecule has 0 amide bonds. The highest BCUT2D eigenvalue weighted by atomic mass is 35.5. The highest BCUT2D eigenvalue weighted by molar-refractivity contribution is 6.26. The van der Waals surface area contributed by atoms with Gasteiger partial charge < -0.3 is 14.2 Å². The summed E-state index contributed by atoms with van der Waals surface area (Å²) >= 11 is 5.54. The van der Waals surface area contributed by atoms with Crippen LogP contribution in [0, 0.1) is 17.8 Å². The van der Waals surface area contributed by atoms with E-state index in [9.17, 15) is 4.79 Å². The van der Waals surface area contributed by atoms with Gasteiger partial charge in [0.15, 0.2) is 11.9 Å². The van der Waals surface area contributed by atoms with Crippen molar-refractivity contribution in [3.05, 3.63) is 0 Å². The highest BCUT2D eigenvalue weighted by Gasteiger charge is 2.74. The van der Waals surface area contributed by atoms with Crippen molar-refractivity contribution in [1.82, 2.24) is 0 Å². The van der Waals surface area contributed by atoms with Crippen LogP contribution in [0.25, 0.3) is 0 Å². The summed E-state index contributed by atoms with van der Waals surface area (Å²) in [7, 11) is 0. The van der Waals surface area contributed by atoms with Crippen LogP contribution in [-0.2, 0) is 28.8 Å². The first-order valence-electron chi connectivity index (χ1n) is 8.77. The molecule has 5 aliphatic rings. The van der Waals surface area contributed by atoms with Gasteiger partial charge in [0.25, 0.3) is 0 Å². The van der Waals surface area contributed by atoms with Gasteiger partial charge in [-0.15, -0.1) is 11.6 Å². The zero-order valence-corrected chi connectivity index (χ0v) is 15.1. The normalized spacial score (nSPS) is 52.7. The number of rotatable bonds is 3. The van der Waals surface area contributed by atoms with E-state index in [4.69, 9.17) is 35.6 Å². The summed E-state index contributed by atoms with van der Waals surface area (Å²) in [6.45, 7) is 6.27. The van der Waals surface area contributed by atoms with Gasteiger partial charge in [0, 0.05) is 12.3 Å². The molecule has 1 aliphatic carbocycles. The minimum Gasteiger partial charge on any atom is -0.462 e. The monoisotopic (exact) mass is 360 g/mol. The first-order chi connectivity index (χ1) is 11.3. The summed E-state index contributed by atoms with van der Waals surface area (Å²) in [4.78, 5) is 23.3. The second-order valence-corrected chi connectivity index (χ2v) is 8.35. The molecule has 4 aliphatic heterocycles. The number of fused-ring (bicyclic) bond motifs is 2. The summed E-state index contributed by atoms with van der Waals surface area (Å²) in [5.41, 5.74) is -1.30. The maximum absolute atomic E-state index is 11.5. The van der Waals surface area contributed by atoms with Crippen LogP contribution in [0.1, 0.15) is 46.5 Å². The predicted octanol–water partition coefficient (Wildman–Crippen LogP) is 2.77. The van der Waals surface area contributed by atoms with Gasteiger partial charge in [-0.05, 0) is 44.9 Å². The van der Waals surface area contributed by atoms with E-state index in [1.807, 2.05) is 13.8 Å². The first kappa shape index (κ1) is 17.0. The molecule has 0 aromatic rings. The number of alkyl halides is 1. The van der Waals surface area contributed by atoms with Gasteiger partial charge in [-0.2, -0.15) is 0 Å². The summed E-state index contributed by atoms with van der Waals surface area (Å²) < 4.78 is 17.8. The molecule has 1 saturated carbocycles. The Morgan fingerprint density at radius 3 is 2.75 bits per heavy atom. The Kier molecular flexibility index (Phi) is 3.94. The first-order valence-corrected chi connectivity index (χ1v) is 9.30. The van der Waals surface area contributed by atoms with Crippen LogP contribution >= 0.6 is 11.6 Å². The third-order valence-corrected chi connectivity index (χ3v) is 6.68. The molecule has 7 heteroatoms. The van der Waals surface area contributed by atoms with Crippen molar-refractivity contribution in [3.63, 3.8) is 0 Å². The van der Waals surface area contributed by atoms with Gasteiger partial charge in [0.1, 0.15) is 18.1 Å². The second-order valence-electron chi connectivity index (χ2n) is 8.08. The van der Waals surface area contributed by atoms with Crippen molar-refractivity contribution in [3.8, 4) is 0 Å². The molecule has 5 fully saturated rings. The predicted molar refractivity (Wildman–Crippen MR) is 84.0 cm³/mol. The van der Waals surface area contributed by atoms with Gasteiger partial charge in [-0.25, -0.2) is 9.78 Å². The van der Waals surface area contributed by atoms with E-state index in [1.165, 1.54) is 0 Å². The van der Waals surface area contributed by atoms with Gasteiger partial charge in [-0.1, -0.05) is 6.92 Å². The van der Waals surface area contributed by atoms with Crippen molar-refractivity contribution in [2.45, 2.75) is 69.7 Å². The van der Waals surface area contributed by atoms with Crippen LogP contribution in [0.4, 0.5) is 0 Å². The van der Waals surface area contributed by atoms with Crippen LogP contribution in [-0.4, -0.2) is 41.7 Å². The Labute approximate surface area is 147 Å². The minimum atomic E-state index is -0.782. The molecule has 4 saturated heterocycles. The lowest BCUT2D eigenvalue weighted by atomic mass is 9.60. The van der Waals surface area contributed by atoms with Crippen LogP contribution < -0.4 is 0 Å². The summed E-state index contributed by atoms with van der Waals surface area (Å²) in [5.74, 6) is -0.536. The molecule has 0 aromatic carbocycles. The Hall–Kier alpha value is -0.400. The molecule has 0 aromatic heterocycles. The lowest BCUT2D eigenvalue weighted by Crippen LogP contribution is -2.62. The Morgan fingerprint density at radius 2 is 2.00 bits per heavy atom. The van der Waals surface area contributed by atoms with Gasteiger partial charge in [-0.3, -0.25) is 4.79 Å². The molecule has 24 heavy (non-hydrogen) atoms. The molecule has 4 heterocycles. The molecular formula is C17H25ClO6. The largest absolute Gasteiger partial charge is 0.462 e. The summed E-state index contributed by atoms with van der Waals surface area (Å²) in [5, 5.41) is 0. The average Bonchev–Trinajstić information content (AvgIpc) is 2.64. The maximum atomic E-state index is 11.5. The fourth-order valence-corrected chi connectivity index (χ4v) is 5.28. The van der Waals surface area contributed by atoms with E-state index in [2.05, 4.69) is 6.92 Å². The van der Waals surface area contributed by atoms with E-state index >= 15 is 0 Å².